The van der Waals surface area contributed by atoms with E-state index in [1.807, 2.05) is 41.3 Å². The zero-order valence-corrected chi connectivity index (χ0v) is 18.7. The van der Waals surface area contributed by atoms with E-state index in [0.717, 1.165) is 35.9 Å². The molecular formula is C24H28N6O2. The maximum atomic E-state index is 13.7. The lowest BCUT2D eigenvalue weighted by atomic mass is 9.98. The zero-order valence-electron chi connectivity index (χ0n) is 18.7. The van der Waals surface area contributed by atoms with Crippen LogP contribution >= 0.6 is 0 Å². The molecule has 2 aromatic heterocycles. The first-order chi connectivity index (χ1) is 15.5. The molecule has 1 aliphatic heterocycles. The first-order valence-electron chi connectivity index (χ1n) is 10.9. The molecule has 1 aromatic carbocycles. The Labute approximate surface area is 187 Å². The molecule has 1 aliphatic rings. The number of likely N-dealkylation sites (tertiary alicyclic amines) is 1. The van der Waals surface area contributed by atoms with Crippen LogP contribution in [0, 0.1) is 0 Å². The third-order valence-corrected chi connectivity index (χ3v) is 5.93. The van der Waals surface area contributed by atoms with Gasteiger partial charge in [-0.25, -0.2) is 9.97 Å². The van der Waals surface area contributed by atoms with Gasteiger partial charge in [0.15, 0.2) is 5.82 Å². The van der Waals surface area contributed by atoms with Crippen LogP contribution in [0.1, 0.15) is 54.1 Å². The van der Waals surface area contributed by atoms with Crippen LogP contribution in [0.25, 0.3) is 10.9 Å². The molecule has 8 nitrogen and oxygen atoms in total. The van der Waals surface area contributed by atoms with Crippen molar-refractivity contribution < 1.29 is 9.59 Å². The normalized spacial score (nSPS) is 16.1. The number of benzene rings is 1. The fraction of sp³-hybridized carbons (Fsp3) is 0.375. The van der Waals surface area contributed by atoms with Gasteiger partial charge >= 0.3 is 0 Å². The highest BCUT2D eigenvalue weighted by Crippen LogP contribution is 2.32. The Kier molecular flexibility index (Phi) is 6.30. The number of amides is 2. The predicted molar refractivity (Wildman–Crippen MR) is 123 cm³/mol. The molecule has 166 valence electrons. The lowest BCUT2D eigenvalue weighted by molar-refractivity contribution is -0.128. The summed E-state index contributed by atoms with van der Waals surface area (Å²) in [5, 5.41) is 3.93. The molecule has 0 unspecified atom stereocenters. The van der Waals surface area contributed by atoms with Crippen molar-refractivity contribution in [2.45, 2.75) is 38.8 Å². The number of nitrogens with one attached hydrogen (secondary N) is 1. The lowest BCUT2D eigenvalue weighted by Crippen LogP contribution is -2.39. The topological polar surface area (TPSA) is 91.3 Å². The van der Waals surface area contributed by atoms with Gasteiger partial charge in [0.2, 0.25) is 5.91 Å². The van der Waals surface area contributed by atoms with Crippen LogP contribution in [0.2, 0.25) is 0 Å². The molecule has 0 spiro atoms. The minimum atomic E-state index is -0.224. The van der Waals surface area contributed by atoms with E-state index < -0.39 is 0 Å². The Morgan fingerprint density at radius 3 is 2.81 bits per heavy atom. The number of fused-ring (bicyclic) bond motifs is 1. The lowest BCUT2D eigenvalue weighted by Gasteiger charge is -2.35. The van der Waals surface area contributed by atoms with Crippen molar-refractivity contribution in [3.63, 3.8) is 0 Å². The SMILES string of the molecule is CNc1cc(CN(C)C(C)=O)nc([C@H]2CCCCN2C(=O)c2cccc3ncccc23)n1. The number of nitrogens with zero attached hydrogens (tertiary/aromatic N) is 5. The predicted octanol–water partition coefficient (Wildman–Crippen LogP) is 3.41. The highest BCUT2D eigenvalue weighted by molar-refractivity contribution is 6.06. The maximum Gasteiger partial charge on any atom is 0.255 e. The van der Waals surface area contributed by atoms with Crippen molar-refractivity contribution in [2.75, 3.05) is 26.0 Å². The second kappa shape index (κ2) is 9.30. The Hall–Kier alpha value is -3.55. The molecule has 1 N–H and O–H groups in total. The molecule has 8 heteroatoms. The summed E-state index contributed by atoms with van der Waals surface area (Å²) < 4.78 is 0. The highest BCUT2D eigenvalue weighted by Gasteiger charge is 2.32. The van der Waals surface area contributed by atoms with Gasteiger partial charge < -0.3 is 15.1 Å². The van der Waals surface area contributed by atoms with Crippen molar-refractivity contribution in [2.24, 2.45) is 0 Å². The number of piperidine rings is 1. The number of hydrogen-bond acceptors (Lipinski definition) is 6. The van der Waals surface area contributed by atoms with Gasteiger partial charge in [-0.15, -0.1) is 0 Å². The second-order valence-electron chi connectivity index (χ2n) is 8.11. The van der Waals surface area contributed by atoms with Crippen molar-refractivity contribution >= 4 is 28.5 Å². The summed E-state index contributed by atoms with van der Waals surface area (Å²) in [6.45, 7) is 2.56. The molecule has 0 saturated carbocycles. The number of rotatable bonds is 5. The Morgan fingerprint density at radius 2 is 2.03 bits per heavy atom. The quantitative estimate of drug-likeness (QED) is 0.664. The van der Waals surface area contributed by atoms with Crippen molar-refractivity contribution in [1.82, 2.24) is 24.8 Å². The molecule has 0 aliphatic carbocycles. The Bertz CT molecular complexity index is 1140. The van der Waals surface area contributed by atoms with Crippen LogP contribution in [0.3, 0.4) is 0 Å². The van der Waals surface area contributed by atoms with Crippen molar-refractivity contribution in [3.05, 3.63) is 59.7 Å². The number of aromatic nitrogens is 3. The van der Waals surface area contributed by atoms with Crippen LogP contribution < -0.4 is 5.32 Å². The largest absolute Gasteiger partial charge is 0.373 e. The summed E-state index contributed by atoms with van der Waals surface area (Å²) in [7, 11) is 3.55. The molecule has 1 saturated heterocycles. The van der Waals surface area contributed by atoms with Gasteiger partial charge in [-0.2, -0.15) is 0 Å². The minimum Gasteiger partial charge on any atom is -0.373 e. The van der Waals surface area contributed by atoms with E-state index in [1.165, 1.54) is 6.92 Å². The summed E-state index contributed by atoms with van der Waals surface area (Å²) in [4.78, 5) is 42.7. The fourth-order valence-corrected chi connectivity index (χ4v) is 4.12. The standard InChI is InChI=1S/C24H28N6O2/c1-16(31)29(3)15-17-14-22(25-2)28-23(27-17)21-11-4-5-13-30(21)24(32)19-8-6-10-20-18(19)9-7-12-26-20/h6-10,12,14,21H,4-5,11,13,15H2,1-3H3,(H,25,27,28)/t21-/m1/s1. The van der Waals surface area contributed by atoms with E-state index in [1.54, 1.807) is 25.2 Å². The highest BCUT2D eigenvalue weighted by atomic mass is 16.2. The summed E-state index contributed by atoms with van der Waals surface area (Å²) in [6.07, 6.45) is 4.47. The molecule has 1 atom stereocenters. The Morgan fingerprint density at radius 1 is 1.19 bits per heavy atom. The van der Waals surface area contributed by atoms with Gasteiger partial charge in [0.05, 0.1) is 23.8 Å². The third kappa shape index (κ3) is 4.39. The van der Waals surface area contributed by atoms with E-state index >= 15 is 0 Å². The number of hydrogen-bond donors (Lipinski definition) is 1. The van der Waals surface area contributed by atoms with Crippen LogP contribution in [-0.2, 0) is 11.3 Å². The molecule has 0 radical (unpaired) electrons. The molecule has 3 aromatic rings. The average Bonchev–Trinajstić information content (AvgIpc) is 2.83. The van der Waals surface area contributed by atoms with Crippen molar-refractivity contribution in [1.29, 1.82) is 0 Å². The molecular weight excluding hydrogens is 404 g/mol. The molecule has 4 rings (SSSR count). The summed E-state index contributed by atoms with van der Waals surface area (Å²) >= 11 is 0. The number of carbonyl (C=O) groups is 2. The van der Waals surface area contributed by atoms with Gasteiger partial charge in [0.1, 0.15) is 5.82 Å². The van der Waals surface area contributed by atoms with Gasteiger partial charge in [0, 0.05) is 50.8 Å². The fourth-order valence-electron chi connectivity index (χ4n) is 4.12. The van der Waals surface area contributed by atoms with Crippen molar-refractivity contribution in [3.8, 4) is 0 Å². The monoisotopic (exact) mass is 432 g/mol. The zero-order chi connectivity index (χ0) is 22.7. The van der Waals surface area contributed by atoms with E-state index in [-0.39, 0.29) is 17.9 Å². The van der Waals surface area contributed by atoms with Gasteiger partial charge in [-0.1, -0.05) is 12.1 Å². The number of pyridine rings is 1. The van der Waals surface area contributed by atoms with Gasteiger partial charge in [-0.3, -0.25) is 14.6 Å². The molecule has 0 bridgehead atoms. The number of carbonyl (C=O) groups excluding carboxylic acids is 2. The second-order valence-corrected chi connectivity index (χ2v) is 8.11. The molecule has 1 fully saturated rings. The average molecular weight is 433 g/mol. The van der Waals surface area contributed by atoms with Gasteiger partial charge in [0.25, 0.3) is 5.91 Å². The molecule has 32 heavy (non-hydrogen) atoms. The summed E-state index contributed by atoms with van der Waals surface area (Å²) in [5.74, 6) is 1.22. The molecule has 3 heterocycles. The van der Waals surface area contributed by atoms with Crippen LogP contribution in [0.15, 0.2) is 42.6 Å². The van der Waals surface area contributed by atoms with E-state index in [4.69, 9.17) is 4.98 Å². The van der Waals surface area contributed by atoms with Crippen LogP contribution in [0.4, 0.5) is 5.82 Å². The smallest absolute Gasteiger partial charge is 0.255 e. The molecule has 2 amide bonds. The summed E-state index contributed by atoms with van der Waals surface area (Å²) in [6, 6.07) is 11.0. The number of anilines is 1. The maximum absolute atomic E-state index is 13.7. The van der Waals surface area contributed by atoms with E-state index in [0.29, 0.717) is 30.3 Å². The third-order valence-electron chi connectivity index (χ3n) is 5.93. The summed E-state index contributed by atoms with van der Waals surface area (Å²) in [5.41, 5.74) is 2.18. The minimum absolute atomic E-state index is 0.0322. The van der Waals surface area contributed by atoms with Crippen LogP contribution in [-0.4, -0.2) is 57.2 Å². The first kappa shape index (κ1) is 21.7. The van der Waals surface area contributed by atoms with Crippen LogP contribution in [0.5, 0.6) is 0 Å². The van der Waals surface area contributed by atoms with E-state index in [2.05, 4.69) is 15.3 Å². The first-order valence-corrected chi connectivity index (χ1v) is 10.9. The van der Waals surface area contributed by atoms with Gasteiger partial charge in [-0.05, 0) is 37.5 Å². The van der Waals surface area contributed by atoms with E-state index in [9.17, 15) is 9.59 Å². The Balaban J connectivity index is 1.70.